The lowest BCUT2D eigenvalue weighted by atomic mass is 9.75. The Labute approximate surface area is 186 Å². The highest BCUT2D eigenvalue weighted by atomic mass is 35.5. The summed E-state index contributed by atoms with van der Waals surface area (Å²) in [4.78, 5) is 25.8. The normalized spacial score (nSPS) is 12.9. The lowest BCUT2D eigenvalue weighted by molar-refractivity contribution is -0.123. The van der Waals surface area contributed by atoms with E-state index in [-0.39, 0.29) is 27.9 Å². The maximum Gasteiger partial charge on any atom is 0.475 e. The molecule has 30 heavy (non-hydrogen) atoms. The third kappa shape index (κ3) is 7.02. The molecule has 6 nitrogen and oxygen atoms in total. The fourth-order valence-corrected chi connectivity index (χ4v) is 3.62. The van der Waals surface area contributed by atoms with Crippen LogP contribution in [0.25, 0.3) is 0 Å². The minimum Gasteiger partial charge on any atom is -0.426 e. The molecule has 0 bridgehead atoms. The second-order valence-corrected chi connectivity index (χ2v) is 8.29. The molecule has 160 valence electrons. The summed E-state index contributed by atoms with van der Waals surface area (Å²) < 4.78 is 0. The Hall–Kier alpha value is -2.06. The average molecular weight is 451 g/mol. The van der Waals surface area contributed by atoms with Gasteiger partial charge in [-0.05, 0) is 30.0 Å². The molecule has 2 atom stereocenters. The van der Waals surface area contributed by atoms with Crippen molar-refractivity contribution in [2.75, 3.05) is 0 Å². The van der Waals surface area contributed by atoms with Crippen molar-refractivity contribution >= 4 is 42.1 Å². The molecule has 0 aliphatic rings. The van der Waals surface area contributed by atoms with Gasteiger partial charge in [0, 0.05) is 6.42 Å². The van der Waals surface area contributed by atoms with Crippen LogP contribution in [0.5, 0.6) is 0 Å². The third-order valence-electron chi connectivity index (χ3n) is 4.51. The molecule has 2 aromatic rings. The van der Waals surface area contributed by atoms with E-state index in [0.29, 0.717) is 6.42 Å². The number of halogens is 2. The molecule has 0 aromatic heterocycles. The number of nitrogens with one attached hydrogen (secondary N) is 2. The summed E-state index contributed by atoms with van der Waals surface area (Å²) in [5.41, 5.74) is 0.904. The molecule has 0 heterocycles. The van der Waals surface area contributed by atoms with Crippen molar-refractivity contribution < 1.29 is 19.6 Å². The van der Waals surface area contributed by atoms with Crippen molar-refractivity contribution in [1.29, 1.82) is 0 Å². The van der Waals surface area contributed by atoms with Crippen LogP contribution in [-0.4, -0.2) is 41.0 Å². The van der Waals surface area contributed by atoms with Gasteiger partial charge in [-0.25, -0.2) is 0 Å². The summed E-state index contributed by atoms with van der Waals surface area (Å²) in [6, 6.07) is 12.9. The van der Waals surface area contributed by atoms with Gasteiger partial charge in [-0.2, -0.15) is 0 Å². The van der Waals surface area contributed by atoms with Crippen molar-refractivity contribution in [2.45, 2.75) is 38.7 Å². The van der Waals surface area contributed by atoms with Gasteiger partial charge in [-0.3, -0.25) is 9.59 Å². The van der Waals surface area contributed by atoms with E-state index < -0.39 is 30.9 Å². The van der Waals surface area contributed by atoms with E-state index >= 15 is 0 Å². The fourth-order valence-electron chi connectivity index (χ4n) is 3.05. The first-order valence-corrected chi connectivity index (χ1v) is 10.4. The highest BCUT2D eigenvalue weighted by Gasteiger charge is 2.30. The quantitative estimate of drug-likeness (QED) is 0.441. The predicted molar refractivity (Wildman–Crippen MR) is 119 cm³/mol. The molecule has 0 unspecified atom stereocenters. The van der Waals surface area contributed by atoms with E-state index in [2.05, 4.69) is 10.6 Å². The zero-order chi connectivity index (χ0) is 22.3. The zero-order valence-corrected chi connectivity index (χ0v) is 18.3. The number of rotatable bonds is 9. The topological polar surface area (TPSA) is 98.7 Å². The monoisotopic (exact) mass is 450 g/mol. The number of benzene rings is 2. The molecule has 0 aliphatic carbocycles. The van der Waals surface area contributed by atoms with Crippen LogP contribution >= 0.6 is 23.2 Å². The number of amides is 2. The largest absolute Gasteiger partial charge is 0.475 e. The number of hydrogen-bond donors (Lipinski definition) is 4. The number of carbonyl (C=O) groups is 2. The third-order valence-corrected chi connectivity index (χ3v) is 5.14. The first-order chi connectivity index (χ1) is 14.2. The maximum atomic E-state index is 13.0. The molecule has 2 aromatic carbocycles. The van der Waals surface area contributed by atoms with Crippen LogP contribution in [0.2, 0.25) is 10.0 Å². The molecule has 0 saturated heterocycles. The van der Waals surface area contributed by atoms with Crippen molar-refractivity contribution in [2.24, 2.45) is 5.92 Å². The Morgan fingerprint density at radius 3 is 2.10 bits per heavy atom. The Morgan fingerprint density at radius 2 is 1.57 bits per heavy atom. The van der Waals surface area contributed by atoms with Crippen LogP contribution in [-0.2, 0) is 11.2 Å². The second kappa shape index (κ2) is 11.4. The van der Waals surface area contributed by atoms with Crippen molar-refractivity contribution in [3.05, 3.63) is 69.7 Å². The molecule has 0 fully saturated rings. The van der Waals surface area contributed by atoms with Crippen molar-refractivity contribution in [3.63, 3.8) is 0 Å². The SMILES string of the molecule is CC(C)C[C@H](NC(=O)[C@H](Cc1ccccc1)NC(=O)c1c(Cl)cccc1Cl)B(O)O. The van der Waals surface area contributed by atoms with Gasteiger partial charge in [-0.1, -0.05) is 73.4 Å². The Morgan fingerprint density at radius 1 is 0.967 bits per heavy atom. The summed E-state index contributed by atoms with van der Waals surface area (Å²) >= 11 is 12.2. The first kappa shape index (κ1) is 24.2. The van der Waals surface area contributed by atoms with E-state index in [1.165, 1.54) is 12.1 Å². The lowest BCUT2D eigenvalue weighted by Gasteiger charge is -2.24. The van der Waals surface area contributed by atoms with E-state index in [4.69, 9.17) is 23.2 Å². The van der Waals surface area contributed by atoms with Crippen LogP contribution in [0.15, 0.2) is 48.5 Å². The van der Waals surface area contributed by atoms with Crippen LogP contribution in [0.4, 0.5) is 0 Å². The highest BCUT2D eigenvalue weighted by molar-refractivity contribution is 6.43. The second-order valence-electron chi connectivity index (χ2n) is 7.47. The molecule has 0 radical (unpaired) electrons. The highest BCUT2D eigenvalue weighted by Crippen LogP contribution is 2.24. The van der Waals surface area contributed by atoms with Crippen molar-refractivity contribution in [1.82, 2.24) is 10.6 Å². The molecular weight excluding hydrogens is 426 g/mol. The van der Waals surface area contributed by atoms with Gasteiger partial charge < -0.3 is 20.7 Å². The smallest absolute Gasteiger partial charge is 0.426 e. The number of hydrogen-bond acceptors (Lipinski definition) is 4. The summed E-state index contributed by atoms with van der Waals surface area (Å²) in [5.74, 6) is -1.86. The van der Waals surface area contributed by atoms with Crippen LogP contribution in [0.1, 0.15) is 36.2 Å². The maximum absolute atomic E-state index is 13.0. The lowest BCUT2D eigenvalue weighted by Crippen LogP contribution is -2.55. The Kier molecular flexibility index (Phi) is 9.18. The molecular formula is C21H25BCl2N2O4. The molecule has 0 saturated carbocycles. The molecule has 9 heteroatoms. The summed E-state index contributed by atoms with van der Waals surface area (Å²) in [7, 11) is -1.72. The van der Waals surface area contributed by atoms with Gasteiger partial charge >= 0.3 is 7.12 Å². The standard InChI is InChI=1S/C21H25BCl2N2O4/c1-13(2)11-18(22(29)30)26-20(27)17(12-14-7-4-3-5-8-14)25-21(28)19-15(23)9-6-10-16(19)24/h3-10,13,17-18,29-30H,11-12H2,1-2H3,(H,25,28)(H,26,27)/t17-,18-/m0/s1. The van der Waals surface area contributed by atoms with Crippen LogP contribution < -0.4 is 10.6 Å². The van der Waals surface area contributed by atoms with Crippen molar-refractivity contribution in [3.8, 4) is 0 Å². The average Bonchev–Trinajstić information content (AvgIpc) is 2.67. The molecule has 0 aliphatic heterocycles. The van der Waals surface area contributed by atoms with Gasteiger partial charge in [-0.15, -0.1) is 0 Å². The van der Waals surface area contributed by atoms with Crippen LogP contribution in [0.3, 0.4) is 0 Å². The van der Waals surface area contributed by atoms with Gasteiger partial charge in [0.1, 0.15) is 6.04 Å². The van der Waals surface area contributed by atoms with E-state index in [9.17, 15) is 19.6 Å². The number of carbonyl (C=O) groups excluding carboxylic acids is 2. The van der Waals surface area contributed by atoms with Gasteiger partial charge in [0.25, 0.3) is 5.91 Å². The summed E-state index contributed by atoms with van der Waals surface area (Å²) in [6.45, 7) is 3.81. The summed E-state index contributed by atoms with van der Waals surface area (Å²) in [6.07, 6.45) is 0.572. The minimum atomic E-state index is -1.72. The van der Waals surface area contributed by atoms with Gasteiger partial charge in [0.05, 0.1) is 21.5 Å². The molecule has 0 spiro atoms. The zero-order valence-electron chi connectivity index (χ0n) is 16.8. The fraction of sp³-hybridized carbons (Fsp3) is 0.333. The predicted octanol–water partition coefficient (Wildman–Crippen LogP) is 2.88. The first-order valence-electron chi connectivity index (χ1n) is 9.64. The Bertz CT molecular complexity index is 845. The molecule has 2 rings (SSSR count). The Balaban J connectivity index is 2.25. The van der Waals surface area contributed by atoms with E-state index in [1.54, 1.807) is 6.07 Å². The minimum absolute atomic E-state index is 0.0765. The molecule has 2 amide bonds. The molecule has 4 N–H and O–H groups in total. The van der Waals surface area contributed by atoms with Gasteiger partial charge in [0.2, 0.25) is 5.91 Å². The summed E-state index contributed by atoms with van der Waals surface area (Å²) in [5, 5.41) is 24.9. The van der Waals surface area contributed by atoms with Crippen LogP contribution in [0, 0.1) is 5.92 Å². The van der Waals surface area contributed by atoms with E-state index in [1.807, 2.05) is 44.2 Å². The van der Waals surface area contributed by atoms with Gasteiger partial charge in [0.15, 0.2) is 0 Å². The van der Waals surface area contributed by atoms with E-state index in [0.717, 1.165) is 5.56 Å².